The molecular formula is C13H8Cl3NO2. The maximum Gasteiger partial charge on any atom is 0.259 e. The molecule has 0 fully saturated rings. The molecule has 0 spiro atoms. The lowest BCUT2D eigenvalue weighted by molar-refractivity contribution is 0.102. The van der Waals surface area contributed by atoms with Crippen molar-refractivity contribution in [3.05, 3.63) is 57.0 Å². The van der Waals surface area contributed by atoms with Crippen LogP contribution in [0.3, 0.4) is 0 Å². The summed E-state index contributed by atoms with van der Waals surface area (Å²) in [7, 11) is 0. The summed E-state index contributed by atoms with van der Waals surface area (Å²) >= 11 is 17.7. The summed E-state index contributed by atoms with van der Waals surface area (Å²) in [6.45, 7) is 0. The van der Waals surface area contributed by atoms with Crippen LogP contribution in [0.1, 0.15) is 10.4 Å². The van der Waals surface area contributed by atoms with Crippen LogP contribution in [0.4, 0.5) is 5.69 Å². The summed E-state index contributed by atoms with van der Waals surface area (Å²) < 4.78 is 0. The number of aromatic hydroxyl groups is 1. The number of carbonyl (C=O) groups excluding carboxylic acids is 1. The van der Waals surface area contributed by atoms with Gasteiger partial charge in [0.25, 0.3) is 5.91 Å². The zero-order chi connectivity index (χ0) is 14.0. The first-order valence-corrected chi connectivity index (χ1v) is 6.36. The number of amides is 1. The molecule has 98 valence electrons. The fourth-order valence-electron chi connectivity index (χ4n) is 1.49. The molecule has 2 aromatic carbocycles. The number of para-hydroxylation sites is 1. The molecule has 0 bridgehead atoms. The minimum atomic E-state index is -0.546. The molecule has 19 heavy (non-hydrogen) atoms. The Morgan fingerprint density at radius 2 is 1.68 bits per heavy atom. The van der Waals surface area contributed by atoms with Gasteiger partial charge in [-0.1, -0.05) is 40.9 Å². The van der Waals surface area contributed by atoms with Gasteiger partial charge >= 0.3 is 0 Å². The third kappa shape index (κ3) is 3.13. The second-order valence-electron chi connectivity index (χ2n) is 3.71. The Morgan fingerprint density at radius 1 is 1.05 bits per heavy atom. The van der Waals surface area contributed by atoms with Gasteiger partial charge in [0.15, 0.2) is 0 Å². The number of carbonyl (C=O) groups is 1. The number of halogens is 3. The van der Waals surface area contributed by atoms with Crippen LogP contribution in [0, 0.1) is 0 Å². The van der Waals surface area contributed by atoms with Gasteiger partial charge in [0.1, 0.15) is 5.75 Å². The minimum Gasteiger partial charge on any atom is -0.507 e. The Bertz CT molecular complexity index is 624. The molecule has 0 atom stereocenters. The zero-order valence-corrected chi connectivity index (χ0v) is 11.7. The van der Waals surface area contributed by atoms with Crippen molar-refractivity contribution in [3.63, 3.8) is 0 Å². The maximum atomic E-state index is 12.0. The van der Waals surface area contributed by atoms with Crippen molar-refractivity contribution in [3.8, 4) is 5.75 Å². The Balaban J connectivity index is 2.34. The molecule has 0 aliphatic heterocycles. The van der Waals surface area contributed by atoms with Gasteiger partial charge in [0, 0.05) is 5.02 Å². The lowest BCUT2D eigenvalue weighted by Gasteiger charge is -2.10. The highest BCUT2D eigenvalue weighted by Crippen LogP contribution is 2.31. The first-order chi connectivity index (χ1) is 8.99. The smallest absolute Gasteiger partial charge is 0.259 e. The highest BCUT2D eigenvalue weighted by Gasteiger charge is 2.15. The van der Waals surface area contributed by atoms with E-state index in [9.17, 15) is 9.90 Å². The quantitative estimate of drug-likeness (QED) is 0.850. The number of nitrogens with one attached hydrogen (secondary N) is 1. The summed E-state index contributed by atoms with van der Waals surface area (Å²) in [5, 5.41) is 13.1. The number of hydrogen-bond acceptors (Lipinski definition) is 2. The third-order valence-electron chi connectivity index (χ3n) is 2.40. The van der Waals surface area contributed by atoms with Crippen molar-refractivity contribution in [1.82, 2.24) is 0 Å². The third-order valence-corrected chi connectivity index (χ3v) is 3.27. The van der Waals surface area contributed by atoms with Gasteiger partial charge in [-0.25, -0.2) is 0 Å². The fraction of sp³-hybridized carbons (Fsp3) is 0. The van der Waals surface area contributed by atoms with Gasteiger partial charge in [0.2, 0.25) is 0 Å². The zero-order valence-electron chi connectivity index (χ0n) is 9.45. The highest BCUT2D eigenvalue weighted by atomic mass is 35.5. The second kappa shape index (κ2) is 5.70. The number of benzene rings is 2. The Morgan fingerprint density at radius 3 is 2.32 bits per heavy atom. The van der Waals surface area contributed by atoms with Gasteiger partial charge in [0.05, 0.1) is 21.3 Å². The van der Waals surface area contributed by atoms with Crippen LogP contribution >= 0.6 is 34.8 Å². The van der Waals surface area contributed by atoms with E-state index in [2.05, 4.69) is 5.32 Å². The summed E-state index contributed by atoms with van der Waals surface area (Å²) in [4.78, 5) is 12.0. The van der Waals surface area contributed by atoms with Crippen LogP contribution in [0.5, 0.6) is 5.75 Å². The van der Waals surface area contributed by atoms with E-state index in [4.69, 9.17) is 34.8 Å². The monoisotopic (exact) mass is 315 g/mol. The van der Waals surface area contributed by atoms with E-state index in [0.717, 1.165) is 0 Å². The predicted octanol–water partition coefficient (Wildman–Crippen LogP) is 4.60. The summed E-state index contributed by atoms with van der Waals surface area (Å²) in [6.07, 6.45) is 0. The lowest BCUT2D eigenvalue weighted by atomic mass is 10.2. The van der Waals surface area contributed by atoms with Gasteiger partial charge in [-0.3, -0.25) is 4.79 Å². The molecule has 0 saturated heterocycles. The van der Waals surface area contributed by atoms with Gasteiger partial charge < -0.3 is 10.4 Å². The van der Waals surface area contributed by atoms with E-state index in [-0.39, 0.29) is 17.0 Å². The van der Waals surface area contributed by atoms with Gasteiger partial charge in [-0.15, -0.1) is 0 Å². The molecular weight excluding hydrogens is 309 g/mol. The molecule has 1 amide bonds. The topological polar surface area (TPSA) is 49.3 Å². The lowest BCUT2D eigenvalue weighted by Crippen LogP contribution is -2.12. The first kappa shape index (κ1) is 14.0. The molecule has 6 heteroatoms. The van der Waals surface area contributed by atoms with Crippen molar-refractivity contribution in [2.45, 2.75) is 0 Å². The summed E-state index contributed by atoms with van der Waals surface area (Å²) in [5.41, 5.74) is 0.332. The summed E-state index contributed by atoms with van der Waals surface area (Å²) in [5.74, 6) is -0.722. The predicted molar refractivity (Wildman–Crippen MR) is 77.5 cm³/mol. The molecule has 0 aromatic heterocycles. The molecule has 3 nitrogen and oxygen atoms in total. The Labute approximate surface area is 124 Å². The van der Waals surface area contributed by atoms with Crippen LogP contribution in [0.2, 0.25) is 15.1 Å². The Hall–Kier alpha value is -1.42. The average Bonchev–Trinajstić information content (AvgIpc) is 2.37. The number of phenolic OH excluding ortho intramolecular Hbond substituents is 1. The van der Waals surface area contributed by atoms with E-state index in [1.165, 1.54) is 18.2 Å². The van der Waals surface area contributed by atoms with Crippen LogP contribution < -0.4 is 5.32 Å². The second-order valence-corrected chi connectivity index (χ2v) is 4.96. The fourth-order valence-corrected chi connectivity index (χ4v) is 2.15. The average molecular weight is 317 g/mol. The normalized spacial score (nSPS) is 10.3. The molecule has 2 N–H and O–H groups in total. The van der Waals surface area contributed by atoms with Crippen LogP contribution in [-0.2, 0) is 0 Å². The molecule has 0 heterocycles. The van der Waals surface area contributed by atoms with Crippen LogP contribution in [-0.4, -0.2) is 11.0 Å². The SMILES string of the molecule is O=C(Nc1c(Cl)cccc1Cl)c1cc(Cl)ccc1O. The number of hydrogen-bond donors (Lipinski definition) is 2. The van der Waals surface area contributed by atoms with E-state index in [1.54, 1.807) is 18.2 Å². The molecule has 0 aliphatic rings. The molecule has 0 aliphatic carbocycles. The molecule has 2 rings (SSSR count). The largest absolute Gasteiger partial charge is 0.507 e. The van der Waals surface area contributed by atoms with Crippen molar-refractivity contribution in [2.24, 2.45) is 0 Å². The summed E-state index contributed by atoms with van der Waals surface area (Å²) in [6, 6.07) is 9.04. The Kier molecular flexibility index (Phi) is 4.20. The molecule has 0 radical (unpaired) electrons. The maximum absolute atomic E-state index is 12.0. The number of anilines is 1. The first-order valence-electron chi connectivity index (χ1n) is 5.23. The minimum absolute atomic E-state index is 0.0449. The molecule has 2 aromatic rings. The molecule has 0 saturated carbocycles. The highest BCUT2D eigenvalue weighted by molar-refractivity contribution is 6.40. The number of rotatable bonds is 2. The van der Waals surface area contributed by atoms with Gasteiger partial charge in [-0.2, -0.15) is 0 Å². The number of phenols is 1. The standard InChI is InChI=1S/C13H8Cl3NO2/c14-7-4-5-11(18)8(6-7)13(19)17-12-9(15)2-1-3-10(12)16/h1-6,18H,(H,17,19). The van der Waals surface area contributed by atoms with E-state index in [0.29, 0.717) is 15.1 Å². The van der Waals surface area contributed by atoms with E-state index in [1.807, 2.05) is 0 Å². The molecule has 0 unspecified atom stereocenters. The van der Waals surface area contributed by atoms with E-state index < -0.39 is 5.91 Å². The van der Waals surface area contributed by atoms with Crippen molar-refractivity contribution < 1.29 is 9.90 Å². The van der Waals surface area contributed by atoms with Crippen molar-refractivity contribution >= 4 is 46.4 Å². The van der Waals surface area contributed by atoms with Crippen molar-refractivity contribution in [2.75, 3.05) is 5.32 Å². The van der Waals surface area contributed by atoms with Gasteiger partial charge in [-0.05, 0) is 30.3 Å². The van der Waals surface area contributed by atoms with Crippen LogP contribution in [0.25, 0.3) is 0 Å². The van der Waals surface area contributed by atoms with Crippen LogP contribution in [0.15, 0.2) is 36.4 Å². The van der Waals surface area contributed by atoms with E-state index >= 15 is 0 Å². The van der Waals surface area contributed by atoms with Crippen molar-refractivity contribution in [1.29, 1.82) is 0 Å².